The molecule has 0 spiro atoms. The first-order valence-electron chi connectivity index (χ1n) is 7.04. The van der Waals surface area contributed by atoms with Gasteiger partial charge in [-0.3, -0.25) is 4.79 Å². The quantitative estimate of drug-likeness (QED) is 0.690. The summed E-state index contributed by atoms with van der Waals surface area (Å²) in [6.07, 6.45) is -0.137. The predicted octanol–water partition coefficient (Wildman–Crippen LogP) is 4.90. The zero-order valence-electron chi connectivity index (χ0n) is 12.3. The molecule has 0 radical (unpaired) electrons. The zero-order chi connectivity index (χ0) is 15.7. The summed E-state index contributed by atoms with van der Waals surface area (Å²) in [4.78, 5) is 12.8. The number of halogens is 1. The molecule has 0 aliphatic carbocycles. The van der Waals surface area contributed by atoms with Crippen LogP contribution in [0, 0.1) is 0 Å². The number of ether oxygens (including phenoxy) is 1. The average Bonchev–Trinajstić information content (AvgIpc) is 2.51. The second-order valence-corrected chi connectivity index (χ2v) is 5.70. The molecule has 1 aromatic heterocycles. The molecule has 112 valence electrons. The maximum absolute atomic E-state index is 12.8. The summed E-state index contributed by atoms with van der Waals surface area (Å²) in [6.45, 7) is 3.74. The first-order chi connectivity index (χ1) is 10.6. The van der Waals surface area contributed by atoms with Crippen molar-refractivity contribution in [1.82, 2.24) is 0 Å². The van der Waals surface area contributed by atoms with Gasteiger partial charge in [0.25, 0.3) is 0 Å². The molecule has 0 saturated heterocycles. The molecule has 3 aromatic rings. The summed E-state index contributed by atoms with van der Waals surface area (Å²) >= 11 is 5.98. The van der Waals surface area contributed by atoms with Gasteiger partial charge in [0.2, 0.25) is 11.2 Å². The lowest BCUT2D eigenvalue weighted by Crippen LogP contribution is -2.15. The Morgan fingerprint density at radius 2 is 1.82 bits per heavy atom. The molecule has 0 aliphatic heterocycles. The zero-order valence-corrected chi connectivity index (χ0v) is 13.1. The van der Waals surface area contributed by atoms with E-state index in [1.807, 2.05) is 44.2 Å². The molecule has 0 amide bonds. The number of benzene rings is 2. The smallest absolute Gasteiger partial charge is 0.235 e. The largest absolute Gasteiger partial charge is 0.484 e. The Labute approximate surface area is 133 Å². The third-order valence-corrected chi connectivity index (χ3v) is 3.44. The van der Waals surface area contributed by atoms with Gasteiger partial charge < -0.3 is 9.15 Å². The van der Waals surface area contributed by atoms with Crippen LogP contribution in [0.3, 0.4) is 0 Å². The van der Waals surface area contributed by atoms with E-state index < -0.39 is 0 Å². The molecule has 2 aromatic carbocycles. The molecular formula is C18H15ClO3. The molecule has 0 atom stereocenters. The van der Waals surface area contributed by atoms with Gasteiger partial charge in [0.05, 0.1) is 11.5 Å². The van der Waals surface area contributed by atoms with Gasteiger partial charge in [-0.2, -0.15) is 0 Å². The van der Waals surface area contributed by atoms with E-state index in [0.29, 0.717) is 21.8 Å². The standard InChI is InChI=1S/C18H15ClO3/c1-11(2)21-18-16(20)14-10-13(19)8-9-15(14)22-17(18)12-6-4-3-5-7-12/h3-11H,1-2H3. The molecule has 0 N–H and O–H groups in total. The van der Waals surface area contributed by atoms with Crippen LogP contribution in [-0.4, -0.2) is 6.10 Å². The first-order valence-corrected chi connectivity index (χ1v) is 7.42. The van der Waals surface area contributed by atoms with Gasteiger partial charge in [-0.15, -0.1) is 0 Å². The maximum atomic E-state index is 12.8. The van der Waals surface area contributed by atoms with Gasteiger partial charge in [0.15, 0.2) is 5.76 Å². The summed E-state index contributed by atoms with van der Waals surface area (Å²) in [5.74, 6) is 0.657. The Morgan fingerprint density at radius 1 is 1.09 bits per heavy atom. The van der Waals surface area contributed by atoms with Crippen molar-refractivity contribution in [2.45, 2.75) is 20.0 Å². The highest BCUT2D eigenvalue weighted by Gasteiger charge is 2.18. The molecule has 0 bridgehead atoms. The van der Waals surface area contributed by atoms with E-state index >= 15 is 0 Å². The monoisotopic (exact) mass is 314 g/mol. The van der Waals surface area contributed by atoms with Gasteiger partial charge in [0.1, 0.15) is 5.58 Å². The minimum absolute atomic E-state index is 0.137. The molecule has 0 saturated carbocycles. The summed E-state index contributed by atoms with van der Waals surface area (Å²) in [5, 5.41) is 0.908. The fourth-order valence-electron chi connectivity index (χ4n) is 2.27. The van der Waals surface area contributed by atoms with Crippen molar-refractivity contribution in [2.24, 2.45) is 0 Å². The molecule has 0 unspecified atom stereocenters. The third kappa shape index (κ3) is 2.72. The minimum Gasteiger partial charge on any atom is -0.484 e. The lowest BCUT2D eigenvalue weighted by atomic mass is 10.1. The highest BCUT2D eigenvalue weighted by molar-refractivity contribution is 6.31. The van der Waals surface area contributed by atoms with E-state index in [-0.39, 0.29) is 17.3 Å². The number of hydrogen-bond donors (Lipinski definition) is 0. The van der Waals surface area contributed by atoms with E-state index in [1.165, 1.54) is 0 Å². The van der Waals surface area contributed by atoms with Gasteiger partial charge in [-0.25, -0.2) is 0 Å². The Morgan fingerprint density at radius 3 is 2.50 bits per heavy atom. The van der Waals surface area contributed by atoms with Crippen LogP contribution in [0.4, 0.5) is 0 Å². The first kappa shape index (κ1) is 14.7. The molecule has 3 nitrogen and oxygen atoms in total. The summed E-state index contributed by atoms with van der Waals surface area (Å²) in [6, 6.07) is 14.5. The Balaban J connectivity index is 2.34. The summed E-state index contributed by atoms with van der Waals surface area (Å²) in [7, 11) is 0. The highest BCUT2D eigenvalue weighted by Crippen LogP contribution is 2.32. The van der Waals surface area contributed by atoms with Crippen LogP contribution in [0.2, 0.25) is 5.02 Å². The van der Waals surface area contributed by atoms with Crippen molar-refractivity contribution in [1.29, 1.82) is 0 Å². The Kier molecular flexibility index (Phi) is 3.90. The van der Waals surface area contributed by atoms with Crippen LogP contribution in [0.15, 0.2) is 57.7 Å². The van der Waals surface area contributed by atoms with Crippen molar-refractivity contribution in [2.75, 3.05) is 0 Å². The van der Waals surface area contributed by atoms with Crippen LogP contribution >= 0.6 is 11.6 Å². The van der Waals surface area contributed by atoms with Gasteiger partial charge in [0, 0.05) is 10.6 Å². The second-order valence-electron chi connectivity index (χ2n) is 5.26. The van der Waals surface area contributed by atoms with Gasteiger partial charge >= 0.3 is 0 Å². The number of rotatable bonds is 3. The van der Waals surface area contributed by atoms with Crippen molar-refractivity contribution in [3.8, 4) is 17.1 Å². The van der Waals surface area contributed by atoms with E-state index in [1.54, 1.807) is 18.2 Å². The van der Waals surface area contributed by atoms with Crippen LogP contribution in [0.25, 0.3) is 22.3 Å². The van der Waals surface area contributed by atoms with Gasteiger partial charge in [-0.05, 0) is 32.0 Å². The molecular weight excluding hydrogens is 300 g/mol. The average molecular weight is 315 g/mol. The molecule has 22 heavy (non-hydrogen) atoms. The van der Waals surface area contributed by atoms with E-state index in [2.05, 4.69) is 0 Å². The van der Waals surface area contributed by atoms with Gasteiger partial charge in [-0.1, -0.05) is 41.9 Å². The lowest BCUT2D eigenvalue weighted by Gasteiger charge is -2.14. The van der Waals surface area contributed by atoms with E-state index in [0.717, 1.165) is 5.56 Å². The normalized spacial score (nSPS) is 11.1. The Hall–Kier alpha value is -2.26. The summed E-state index contributed by atoms with van der Waals surface area (Å²) < 4.78 is 11.7. The number of hydrogen-bond acceptors (Lipinski definition) is 3. The van der Waals surface area contributed by atoms with Crippen LogP contribution in [-0.2, 0) is 0 Å². The fraction of sp³-hybridized carbons (Fsp3) is 0.167. The third-order valence-electron chi connectivity index (χ3n) is 3.20. The topological polar surface area (TPSA) is 39.4 Å². The SMILES string of the molecule is CC(C)Oc1c(-c2ccccc2)oc2ccc(Cl)cc2c1=O. The van der Waals surface area contributed by atoms with Crippen molar-refractivity contribution in [3.63, 3.8) is 0 Å². The predicted molar refractivity (Wildman–Crippen MR) is 88.7 cm³/mol. The molecule has 1 heterocycles. The summed E-state index contributed by atoms with van der Waals surface area (Å²) in [5.41, 5.74) is 1.08. The molecule has 4 heteroatoms. The van der Waals surface area contributed by atoms with Crippen molar-refractivity contribution < 1.29 is 9.15 Å². The lowest BCUT2D eigenvalue weighted by molar-refractivity contribution is 0.236. The molecule has 3 rings (SSSR count). The van der Waals surface area contributed by atoms with Crippen molar-refractivity contribution in [3.05, 3.63) is 63.8 Å². The van der Waals surface area contributed by atoms with Crippen LogP contribution < -0.4 is 10.2 Å². The highest BCUT2D eigenvalue weighted by atomic mass is 35.5. The Bertz CT molecular complexity index is 867. The molecule has 0 fully saturated rings. The van der Waals surface area contributed by atoms with Crippen molar-refractivity contribution >= 4 is 22.6 Å². The van der Waals surface area contributed by atoms with E-state index in [4.69, 9.17) is 20.8 Å². The number of fused-ring (bicyclic) bond motifs is 1. The molecule has 0 aliphatic rings. The minimum atomic E-state index is -0.212. The second kappa shape index (κ2) is 5.85. The van der Waals surface area contributed by atoms with Crippen LogP contribution in [0.5, 0.6) is 5.75 Å². The maximum Gasteiger partial charge on any atom is 0.235 e. The fourth-order valence-corrected chi connectivity index (χ4v) is 2.44. The van der Waals surface area contributed by atoms with E-state index in [9.17, 15) is 4.79 Å². The van der Waals surface area contributed by atoms with Crippen LogP contribution in [0.1, 0.15) is 13.8 Å².